The molecule has 4 nitrogen and oxygen atoms in total. The van der Waals surface area contributed by atoms with Crippen LogP contribution in [0.1, 0.15) is 11.6 Å². The second-order valence-corrected chi connectivity index (χ2v) is 4.75. The Hall–Kier alpha value is -1.52. The number of methoxy groups -OCH3 is 1. The second-order valence-electron chi connectivity index (χ2n) is 4.75. The molecule has 0 saturated carbocycles. The Morgan fingerprint density at radius 2 is 2.33 bits per heavy atom. The summed E-state index contributed by atoms with van der Waals surface area (Å²) >= 11 is 0. The van der Waals surface area contributed by atoms with Crippen LogP contribution in [0.3, 0.4) is 0 Å². The number of likely N-dealkylation sites (N-methyl/N-ethyl adjacent to an activating group) is 1. The molecule has 1 aromatic heterocycles. The van der Waals surface area contributed by atoms with E-state index in [0.29, 0.717) is 6.04 Å². The minimum Gasteiger partial charge on any atom is -0.497 e. The zero-order valence-corrected chi connectivity index (χ0v) is 10.8. The third-order valence-electron chi connectivity index (χ3n) is 3.68. The Kier molecular flexibility index (Phi) is 2.97. The summed E-state index contributed by atoms with van der Waals surface area (Å²) < 4.78 is 10.9. The minimum atomic E-state index is 0.368. The van der Waals surface area contributed by atoms with Crippen molar-refractivity contribution in [2.45, 2.75) is 6.04 Å². The molecule has 0 spiro atoms. The van der Waals surface area contributed by atoms with Crippen molar-refractivity contribution in [3.05, 3.63) is 30.0 Å². The van der Waals surface area contributed by atoms with Gasteiger partial charge in [-0.05, 0) is 25.2 Å². The number of furan rings is 1. The summed E-state index contributed by atoms with van der Waals surface area (Å²) in [5, 5.41) is 4.58. The molecule has 1 unspecified atom stereocenters. The van der Waals surface area contributed by atoms with Crippen LogP contribution in [0.5, 0.6) is 5.75 Å². The summed E-state index contributed by atoms with van der Waals surface area (Å²) in [6, 6.07) is 6.32. The maximum Gasteiger partial charge on any atom is 0.134 e. The van der Waals surface area contributed by atoms with Crippen LogP contribution in [0.4, 0.5) is 0 Å². The molecule has 0 amide bonds. The fourth-order valence-electron chi connectivity index (χ4n) is 2.57. The van der Waals surface area contributed by atoms with Gasteiger partial charge in [0.25, 0.3) is 0 Å². The lowest BCUT2D eigenvalue weighted by atomic mass is 10.0. The molecule has 1 aromatic carbocycles. The van der Waals surface area contributed by atoms with E-state index in [1.165, 1.54) is 5.56 Å². The highest BCUT2D eigenvalue weighted by molar-refractivity contribution is 5.83. The number of rotatable bonds is 2. The summed E-state index contributed by atoms with van der Waals surface area (Å²) in [4.78, 5) is 2.36. The number of hydrogen-bond donors (Lipinski definition) is 1. The topological polar surface area (TPSA) is 37.6 Å². The molecular formula is C14H18N2O2. The quantitative estimate of drug-likeness (QED) is 0.879. The van der Waals surface area contributed by atoms with Crippen LogP contribution < -0.4 is 10.1 Å². The third kappa shape index (κ3) is 1.87. The number of fused-ring (bicyclic) bond motifs is 1. The van der Waals surface area contributed by atoms with E-state index in [-0.39, 0.29) is 0 Å². The van der Waals surface area contributed by atoms with Crippen molar-refractivity contribution < 1.29 is 9.15 Å². The predicted octanol–water partition coefficient (Wildman–Crippen LogP) is 2.02. The molecule has 0 bridgehead atoms. The van der Waals surface area contributed by atoms with Crippen LogP contribution in [0, 0.1) is 0 Å². The van der Waals surface area contributed by atoms with E-state index >= 15 is 0 Å². The largest absolute Gasteiger partial charge is 0.497 e. The van der Waals surface area contributed by atoms with E-state index in [1.807, 2.05) is 18.4 Å². The fourth-order valence-corrected chi connectivity index (χ4v) is 2.57. The first-order valence-electron chi connectivity index (χ1n) is 6.25. The third-order valence-corrected chi connectivity index (χ3v) is 3.68. The van der Waals surface area contributed by atoms with Crippen LogP contribution in [0.2, 0.25) is 0 Å². The lowest BCUT2D eigenvalue weighted by molar-refractivity contribution is 0.202. The van der Waals surface area contributed by atoms with E-state index in [9.17, 15) is 0 Å². The number of nitrogens with zero attached hydrogens (tertiary/aromatic N) is 1. The number of nitrogens with one attached hydrogen (secondary N) is 1. The van der Waals surface area contributed by atoms with Gasteiger partial charge in [-0.25, -0.2) is 0 Å². The molecule has 2 aromatic rings. The smallest absolute Gasteiger partial charge is 0.134 e. The first kappa shape index (κ1) is 11.6. The Morgan fingerprint density at radius 3 is 3.11 bits per heavy atom. The van der Waals surface area contributed by atoms with Crippen LogP contribution in [0.15, 0.2) is 28.9 Å². The zero-order chi connectivity index (χ0) is 12.5. The molecule has 1 atom stereocenters. The first-order chi connectivity index (χ1) is 8.79. The monoisotopic (exact) mass is 246 g/mol. The first-order valence-corrected chi connectivity index (χ1v) is 6.25. The van der Waals surface area contributed by atoms with Crippen molar-refractivity contribution in [1.29, 1.82) is 0 Å². The molecular weight excluding hydrogens is 228 g/mol. The normalized spacial score (nSPS) is 21.3. The van der Waals surface area contributed by atoms with Crippen molar-refractivity contribution in [2.24, 2.45) is 0 Å². The van der Waals surface area contributed by atoms with Gasteiger partial charge in [-0.15, -0.1) is 0 Å². The van der Waals surface area contributed by atoms with Crippen molar-refractivity contribution in [3.8, 4) is 5.75 Å². The van der Waals surface area contributed by atoms with Crippen LogP contribution in [-0.2, 0) is 0 Å². The molecule has 18 heavy (non-hydrogen) atoms. The molecule has 3 rings (SSSR count). The van der Waals surface area contributed by atoms with Crippen LogP contribution in [0.25, 0.3) is 11.0 Å². The maximum absolute atomic E-state index is 5.64. The van der Waals surface area contributed by atoms with Crippen molar-refractivity contribution in [3.63, 3.8) is 0 Å². The zero-order valence-electron chi connectivity index (χ0n) is 10.8. The van der Waals surface area contributed by atoms with Crippen LogP contribution in [-0.4, -0.2) is 38.7 Å². The Labute approximate surface area is 107 Å². The molecule has 96 valence electrons. The molecule has 1 aliphatic rings. The number of ether oxygens (including phenoxy) is 1. The van der Waals surface area contributed by atoms with E-state index in [2.05, 4.69) is 23.3 Å². The Balaban J connectivity index is 2.05. The predicted molar refractivity (Wildman–Crippen MR) is 71.0 cm³/mol. The van der Waals surface area contributed by atoms with Crippen molar-refractivity contribution in [2.75, 3.05) is 33.8 Å². The van der Waals surface area contributed by atoms with Gasteiger partial charge in [-0.2, -0.15) is 0 Å². The highest BCUT2D eigenvalue weighted by Gasteiger charge is 2.23. The standard InChI is InChI=1S/C14H18N2O2/c1-16-6-5-15-8-13(16)12-9-18-14-4-3-10(17-2)7-11(12)14/h3-4,7,9,13,15H,5-6,8H2,1-2H3. The molecule has 0 radical (unpaired) electrons. The van der Waals surface area contributed by atoms with E-state index < -0.39 is 0 Å². The van der Waals surface area contributed by atoms with Gasteiger partial charge in [0.05, 0.1) is 19.4 Å². The van der Waals surface area contributed by atoms with Crippen molar-refractivity contribution >= 4 is 11.0 Å². The van der Waals surface area contributed by atoms with Gasteiger partial charge in [0.15, 0.2) is 0 Å². The number of piperazine rings is 1. The average Bonchev–Trinajstić information content (AvgIpc) is 2.82. The van der Waals surface area contributed by atoms with Gasteiger partial charge >= 0.3 is 0 Å². The number of benzene rings is 1. The molecule has 4 heteroatoms. The molecule has 1 fully saturated rings. The van der Waals surface area contributed by atoms with E-state index in [4.69, 9.17) is 9.15 Å². The second kappa shape index (κ2) is 4.63. The molecule has 1 aliphatic heterocycles. The number of hydrogen-bond acceptors (Lipinski definition) is 4. The molecule has 1 saturated heterocycles. The van der Waals surface area contributed by atoms with Gasteiger partial charge in [0.2, 0.25) is 0 Å². The minimum absolute atomic E-state index is 0.368. The van der Waals surface area contributed by atoms with E-state index in [0.717, 1.165) is 36.4 Å². The van der Waals surface area contributed by atoms with Crippen molar-refractivity contribution in [1.82, 2.24) is 10.2 Å². The molecule has 0 aliphatic carbocycles. The van der Waals surface area contributed by atoms with Crippen LogP contribution >= 0.6 is 0 Å². The summed E-state index contributed by atoms with van der Waals surface area (Å²) in [7, 11) is 3.85. The summed E-state index contributed by atoms with van der Waals surface area (Å²) in [5.41, 5.74) is 2.16. The summed E-state index contributed by atoms with van der Waals surface area (Å²) in [5.74, 6) is 0.872. The molecule has 1 N–H and O–H groups in total. The van der Waals surface area contributed by atoms with Gasteiger partial charge in [0.1, 0.15) is 11.3 Å². The summed E-state index contributed by atoms with van der Waals surface area (Å²) in [6.45, 7) is 3.07. The molecule has 2 heterocycles. The SMILES string of the molecule is COc1ccc2occ(C3CNCCN3C)c2c1. The highest BCUT2D eigenvalue weighted by Crippen LogP contribution is 2.32. The highest BCUT2D eigenvalue weighted by atomic mass is 16.5. The fraction of sp³-hybridized carbons (Fsp3) is 0.429. The van der Waals surface area contributed by atoms with E-state index in [1.54, 1.807) is 7.11 Å². The lowest BCUT2D eigenvalue weighted by Crippen LogP contribution is -2.43. The van der Waals surface area contributed by atoms with Gasteiger partial charge < -0.3 is 14.5 Å². The average molecular weight is 246 g/mol. The summed E-state index contributed by atoms with van der Waals surface area (Å²) in [6.07, 6.45) is 1.87. The van der Waals surface area contributed by atoms with Gasteiger partial charge in [-0.1, -0.05) is 0 Å². The Bertz CT molecular complexity index is 550. The lowest BCUT2D eigenvalue weighted by Gasteiger charge is -2.32. The van der Waals surface area contributed by atoms with Gasteiger partial charge in [-0.3, -0.25) is 4.90 Å². The van der Waals surface area contributed by atoms with Gasteiger partial charge in [0, 0.05) is 30.6 Å². The Morgan fingerprint density at radius 1 is 1.44 bits per heavy atom. The maximum atomic E-state index is 5.64.